The van der Waals surface area contributed by atoms with Crippen molar-refractivity contribution in [2.75, 3.05) is 7.11 Å². The summed E-state index contributed by atoms with van der Waals surface area (Å²) < 4.78 is 16.2. The van der Waals surface area contributed by atoms with Crippen LogP contribution >= 0.6 is 0 Å². The number of hydrogen-bond acceptors (Lipinski definition) is 6. The Balaban J connectivity index is 1.96. The summed E-state index contributed by atoms with van der Waals surface area (Å²) in [5.74, 6) is 0.469. The lowest BCUT2D eigenvalue weighted by Gasteiger charge is -2.09. The lowest BCUT2D eigenvalue weighted by atomic mass is 9.93. The molecular weight excluding hydrogens is 310 g/mol. The largest absolute Gasteiger partial charge is 0.497 e. The first-order chi connectivity index (χ1) is 11.7. The Hall–Kier alpha value is -3.28. The van der Waals surface area contributed by atoms with Crippen molar-refractivity contribution in [1.82, 2.24) is 0 Å². The summed E-state index contributed by atoms with van der Waals surface area (Å²) in [5.41, 5.74) is 0.980. The van der Waals surface area contributed by atoms with E-state index in [9.17, 15) is 10.0 Å². The van der Waals surface area contributed by atoms with Crippen molar-refractivity contribution in [3.05, 3.63) is 70.1 Å². The highest BCUT2D eigenvalue weighted by Crippen LogP contribution is 2.42. The number of benzene rings is 2. The first-order valence-corrected chi connectivity index (χ1v) is 7.32. The van der Waals surface area contributed by atoms with Crippen molar-refractivity contribution >= 4 is 16.9 Å². The van der Waals surface area contributed by atoms with E-state index in [2.05, 4.69) is 5.16 Å². The highest BCUT2D eigenvalue weighted by atomic mass is 16.5. The van der Waals surface area contributed by atoms with Gasteiger partial charge in [0.25, 0.3) is 0 Å². The molecule has 2 heterocycles. The highest BCUT2D eigenvalue weighted by Gasteiger charge is 2.38. The number of oxime groups is 1. The zero-order valence-corrected chi connectivity index (χ0v) is 12.7. The van der Waals surface area contributed by atoms with Crippen LogP contribution < -0.4 is 15.1 Å². The molecule has 1 N–H and O–H groups in total. The second-order valence-corrected chi connectivity index (χ2v) is 5.37. The number of ether oxygens (including phenoxy) is 2. The van der Waals surface area contributed by atoms with Crippen LogP contribution in [0.3, 0.4) is 0 Å². The van der Waals surface area contributed by atoms with Gasteiger partial charge in [-0.2, -0.15) is 0 Å². The van der Waals surface area contributed by atoms with E-state index in [0.717, 1.165) is 5.56 Å². The molecule has 1 aliphatic heterocycles. The summed E-state index contributed by atoms with van der Waals surface area (Å²) in [6, 6.07) is 14.2. The summed E-state index contributed by atoms with van der Waals surface area (Å²) in [6.07, 6.45) is 0. The van der Waals surface area contributed by atoms with E-state index in [1.54, 1.807) is 49.6 Å². The number of para-hydroxylation sites is 1. The molecule has 0 saturated heterocycles. The number of fused-ring (bicyclic) bond motifs is 3. The zero-order chi connectivity index (χ0) is 16.7. The van der Waals surface area contributed by atoms with Gasteiger partial charge in [-0.3, -0.25) is 0 Å². The first kappa shape index (κ1) is 14.3. The molecule has 1 atom stereocenters. The minimum Gasteiger partial charge on any atom is -0.497 e. The average Bonchev–Trinajstić information content (AvgIpc) is 3.02. The number of nitrogens with zero attached hydrogens (tertiary/aromatic N) is 1. The minimum atomic E-state index is -0.628. The smallest absolute Gasteiger partial charge is 0.344 e. The second kappa shape index (κ2) is 5.42. The lowest BCUT2D eigenvalue weighted by Crippen LogP contribution is -2.16. The molecule has 1 unspecified atom stereocenters. The standard InChI is InChI=1S/C18H13NO5/c1-22-11-8-6-10(7-9-11)14-15-16(24-17(14)19-21)12-4-2-3-5-13(12)23-18(15)20/h2-9,14,21H,1H3. The molecule has 0 fully saturated rings. The average molecular weight is 323 g/mol. The van der Waals surface area contributed by atoms with Gasteiger partial charge in [-0.1, -0.05) is 29.4 Å². The van der Waals surface area contributed by atoms with Crippen LogP contribution in [0.25, 0.3) is 11.0 Å². The van der Waals surface area contributed by atoms with E-state index < -0.39 is 11.5 Å². The fraction of sp³-hybridized carbons (Fsp3) is 0.111. The zero-order valence-electron chi connectivity index (χ0n) is 12.7. The Labute approximate surface area is 136 Å². The van der Waals surface area contributed by atoms with Gasteiger partial charge in [0.2, 0.25) is 5.90 Å². The maximum atomic E-state index is 12.5. The lowest BCUT2D eigenvalue weighted by molar-refractivity contribution is 0.303. The van der Waals surface area contributed by atoms with Crippen molar-refractivity contribution in [3.63, 3.8) is 0 Å². The molecule has 120 valence electrons. The van der Waals surface area contributed by atoms with Crippen LogP contribution in [-0.4, -0.2) is 18.2 Å². The maximum absolute atomic E-state index is 12.5. The molecule has 3 aromatic rings. The van der Waals surface area contributed by atoms with Crippen LogP contribution in [0.5, 0.6) is 11.5 Å². The number of hydrogen-bond donors (Lipinski definition) is 1. The monoisotopic (exact) mass is 323 g/mol. The van der Waals surface area contributed by atoms with Gasteiger partial charge in [-0.05, 0) is 29.8 Å². The highest BCUT2D eigenvalue weighted by molar-refractivity contribution is 5.99. The molecule has 0 aliphatic carbocycles. The first-order valence-electron chi connectivity index (χ1n) is 7.32. The fourth-order valence-electron chi connectivity index (χ4n) is 2.97. The molecular formula is C18H13NO5. The van der Waals surface area contributed by atoms with E-state index in [1.165, 1.54) is 0 Å². The van der Waals surface area contributed by atoms with Gasteiger partial charge >= 0.3 is 5.63 Å². The SMILES string of the molecule is COc1ccc(C2C(=NO)Oc3c2c(=O)oc2ccccc32)cc1. The van der Waals surface area contributed by atoms with Crippen LogP contribution in [0, 0.1) is 0 Å². The molecule has 0 bridgehead atoms. The topological polar surface area (TPSA) is 81.3 Å². The fourth-order valence-corrected chi connectivity index (χ4v) is 2.97. The summed E-state index contributed by atoms with van der Waals surface area (Å²) >= 11 is 0. The molecule has 6 nitrogen and oxygen atoms in total. The number of methoxy groups -OCH3 is 1. The van der Waals surface area contributed by atoms with Gasteiger partial charge in [0.15, 0.2) is 5.75 Å². The molecule has 6 heteroatoms. The summed E-state index contributed by atoms with van der Waals surface area (Å²) in [7, 11) is 1.57. The van der Waals surface area contributed by atoms with Crippen molar-refractivity contribution in [3.8, 4) is 11.5 Å². The predicted molar refractivity (Wildman–Crippen MR) is 87.2 cm³/mol. The van der Waals surface area contributed by atoms with Gasteiger partial charge in [-0.15, -0.1) is 0 Å². The minimum absolute atomic E-state index is 0.0406. The van der Waals surface area contributed by atoms with E-state index in [-0.39, 0.29) is 5.90 Å². The summed E-state index contributed by atoms with van der Waals surface area (Å²) in [6.45, 7) is 0. The molecule has 0 amide bonds. The van der Waals surface area contributed by atoms with Crippen molar-refractivity contribution in [2.24, 2.45) is 5.16 Å². The van der Waals surface area contributed by atoms with Crippen molar-refractivity contribution in [1.29, 1.82) is 0 Å². The Morgan fingerprint density at radius 3 is 2.58 bits per heavy atom. The molecule has 1 aromatic heterocycles. The van der Waals surface area contributed by atoms with Gasteiger partial charge in [0.1, 0.15) is 11.3 Å². The normalized spacial score (nSPS) is 17.7. The van der Waals surface area contributed by atoms with Crippen LogP contribution in [-0.2, 0) is 0 Å². The van der Waals surface area contributed by atoms with E-state index in [1.807, 2.05) is 6.07 Å². The van der Waals surface area contributed by atoms with Gasteiger partial charge in [-0.25, -0.2) is 4.79 Å². The Bertz CT molecular complexity index is 1000. The Morgan fingerprint density at radius 1 is 1.12 bits per heavy atom. The third kappa shape index (κ3) is 2.04. The van der Waals surface area contributed by atoms with Crippen LogP contribution in [0.2, 0.25) is 0 Å². The summed E-state index contributed by atoms with van der Waals surface area (Å²) in [4.78, 5) is 12.5. The van der Waals surface area contributed by atoms with Gasteiger partial charge in [0, 0.05) is 0 Å². The molecule has 2 aromatic carbocycles. The third-order valence-electron chi connectivity index (χ3n) is 4.09. The van der Waals surface area contributed by atoms with E-state index in [0.29, 0.717) is 28.0 Å². The molecule has 0 saturated carbocycles. The molecule has 0 spiro atoms. The van der Waals surface area contributed by atoms with Crippen molar-refractivity contribution in [2.45, 2.75) is 5.92 Å². The van der Waals surface area contributed by atoms with Gasteiger partial charge < -0.3 is 19.1 Å². The second-order valence-electron chi connectivity index (χ2n) is 5.37. The van der Waals surface area contributed by atoms with Crippen LogP contribution in [0.4, 0.5) is 0 Å². The molecule has 24 heavy (non-hydrogen) atoms. The predicted octanol–water partition coefficient (Wildman–Crippen LogP) is 3.11. The van der Waals surface area contributed by atoms with Crippen LogP contribution in [0.15, 0.2) is 62.9 Å². The number of rotatable bonds is 2. The summed E-state index contributed by atoms with van der Waals surface area (Å²) in [5, 5.41) is 13.2. The van der Waals surface area contributed by atoms with E-state index in [4.69, 9.17) is 13.9 Å². The van der Waals surface area contributed by atoms with Crippen molar-refractivity contribution < 1.29 is 19.1 Å². The Morgan fingerprint density at radius 2 is 1.88 bits per heavy atom. The molecule has 0 radical (unpaired) electrons. The maximum Gasteiger partial charge on any atom is 0.344 e. The van der Waals surface area contributed by atoms with E-state index >= 15 is 0 Å². The van der Waals surface area contributed by atoms with Crippen LogP contribution in [0.1, 0.15) is 17.0 Å². The molecule has 1 aliphatic rings. The molecule has 4 rings (SSSR count). The third-order valence-corrected chi connectivity index (χ3v) is 4.09. The van der Waals surface area contributed by atoms with Gasteiger partial charge in [0.05, 0.1) is 24.0 Å². The quantitative estimate of drug-likeness (QED) is 0.445. The Kier molecular flexibility index (Phi) is 3.23.